The molecule has 1 heterocycles. The van der Waals surface area contributed by atoms with Gasteiger partial charge in [-0.1, -0.05) is 66.7 Å². The third-order valence-electron chi connectivity index (χ3n) is 5.45. The Morgan fingerprint density at radius 3 is 1.46 bits per heavy atom. The quantitative estimate of drug-likeness (QED) is 0.187. The highest BCUT2D eigenvalue weighted by molar-refractivity contribution is 7.49. The zero-order valence-electron chi connectivity index (χ0n) is 19.1. The van der Waals surface area contributed by atoms with Crippen LogP contribution in [-0.4, -0.2) is 29.7 Å². The molecule has 0 bridgehead atoms. The van der Waals surface area contributed by atoms with E-state index in [1.807, 2.05) is 0 Å². The maximum absolute atomic E-state index is 15.6. The minimum Gasteiger partial charge on any atom is -0.395 e. The summed E-state index contributed by atoms with van der Waals surface area (Å²) in [6, 6.07) is 17.7. The van der Waals surface area contributed by atoms with Crippen molar-refractivity contribution in [2.75, 3.05) is 0 Å². The first-order chi connectivity index (χ1) is 18.1. The van der Waals surface area contributed by atoms with Gasteiger partial charge in [-0.25, -0.2) is 4.57 Å². The average molecular weight is 586 g/mol. The number of halogens is 9. The third-order valence-corrected chi connectivity index (χ3v) is 6.79. The van der Waals surface area contributed by atoms with Gasteiger partial charge in [-0.2, -0.15) is 39.5 Å². The summed E-state index contributed by atoms with van der Waals surface area (Å²) in [5, 5.41) is 0. The molecule has 5 nitrogen and oxygen atoms in total. The van der Waals surface area contributed by atoms with Crippen LogP contribution < -0.4 is 9.05 Å². The third kappa shape index (κ3) is 4.85. The molecular formula is C24H16F9O5P. The van der Waals surface area contributed by atoms with Gasteiger partial charge in [0.2, 0.25) is 0 Å². The highest BCUT2D eigenvalue weighted by Gasteiger charge is 2.95. The van der Waals surface area contributed by atoms with E-state index in [9.17, 15) is 30.9 Å². The first kappa shape index (κ1) is 28.8. The summed E-state index contributed by atoms with van der Waals surface area (Å²) in [6.07, 6.45) is -9.92. The number of para-hydroxylation sites is 2. The Kier molecular flexibility index (Phi) is 7.20. The van der Waals surface area contributed by atoms with Crippen LogP contribution >= 0.6 is 7.82 Å². The van der Waals surface area contributed by atoms with Gasteiger partial charge in [0.25, 0.3) is 0 Å². The van der Waals surface area contributed by atoms with E-state index in [0.717, 1.165) is 48.5 Å². The Morgan fingerprint density at radius 2 is 1.08 bits per heavy atom. The molecule has 39 heavy (non-hydrogen) atoms. The first-order valence-electron chi connectivity index (χ1n) is 10.8. The molecule has 1 fully saturated rings. The lowest BCUT2D eigenvalue weighted by atomic mass is 9.92. The zero-order valence-corrected chi connectivity index (χ0v) is 20.0. The molecule has 2 atom stereocenters. The molecule has 0 saturated carbocycles. The Balaban J connectivity index is 1.84. The minimum absolute atomic E-state index is 0.331. The van der Waals surface area contributed by atoms with Gasteiger partial charge in [0.1, 0.15) is 11.5 Å². The van der Waals surface area contributed by atoms with E-state index in [1.165, 1.54) is 42.5 Å². The molecule has 1 saturated heterocycles. The molecule has 0 aromatic heterocycles. The number of hydrogen-bond acceptors (Lipinski definition) is 5. The van der Waals surface area contributed by atoms with Crippen LogP contribution in [0.15, 0.2) is 91.0 Å². The van der Waals surface area contributed by atoms with Gasteiger partial charge in [0.05, 0.1) is 0 Å². The standard InChI is InChI=1S/C24H16F9O5P/c25-20(26,23(31)21(27,28)22(29,30)24(32,33)38-23)19(16-10-4-1-5-11-16)37-39(34,35-17-12-6-2-7-13-17)36-18-14-8-3-9-15-18/h1-15,19H/t19-,23-/m1/s1. The lowest BCUT2D eigenvalue weighted by Crippen LogP contribution is -2.62. The van der Waals surface area contributed by atoms with Crippen LogP contribution in [0.2, 0.25) is 0 Å². The van der Waals surface area contributed by atoms with E-state index in [4.69, 9.17) is 13.6 Å². The molecule has 210 valence electrons. The number of phosphoric ester groups is 1. The Morgan fingerprint density at radius 1 is 0.667 bits per heavy atom. The second-order valence-electron chi connectivity index (χ2n) is 8.14. The first-order valence-corrected chi connectivity index (χ1v) is 12.3. The largest absolute Gasteiger partial charge is 0.588 e. The number of alkyl halides is 9. The van der Waals surface area contributed by atoms with Crippen molar-refractivity contribution >= 4 is 7.82 Å². The second kappa shape index (κ2) is 9.76. The van der Waals surface area contributed by atoms with E-state index in [-0.39, 0.29) is 11.5 Å². The summed E-state index contributed by atoms with van der Waals surface area (Å²) in [6.45, 7) is 0. The van der Waals surface area contributed by atoms with Crippen molar-refractivity contribution < 1.29 is 62.4 Å². The van der Waals surface area contributed by atoms with Crippen LogP contribution in [0.5, 0.6) is 11.5 Å². The smallest absolute Gasteiger partial charge is 0.395 e. The molecule has 0 amide bonds. The van der Waals surface area contributed by atoms with Crippen LogP contribution in [0.3, 0.4) is 0 Å². The molecule has 3 aromatic carbocycles. The van der Waals surface area contributed by atoms with Crippen LogP contribution in [-0.2, 0) is 13.8 Å². The lowest BCUT2D eigenvalue weighted by molar-refractivity contribution is -0.389. The van der Waals surface area contributed by atoms with Crippen molar-refractivity contribution in [3.8, 4) is 11.5 Å². The minimum atomic E-state index is -6.80. The van der Waals surface area contributed by atoms with Gasteiger partial charge < -0.3 is 9.05 Å². The molecule has 0 unspecified atom stereocenters. The fraction of sp³-hybridized carbons (Fsp3) is 0.250. The highest BCUT2D eigenvalue weighted by Crippen LogP contribution is 2.68. The average Bonchev–Trinajstić information content (AvgIpc) is 2.98. The van der Waals surface area contributed by atoms with Crippen molar-refractivity contribution in [1.82, 2.24) is 0 Å². The van der Waals surface area contributed by atoms with E-state index >= 15 is 13.2 Å². The topological polar surface area (TPSA) is 54.0 Å². The summed E-state index contributed by atoms with van der Waals surface area (Å²) in [4.78, 5) is 0. The molecule has 1 aliphatic heterocycles. The van der Waals surface area contributed by atoms with E-state index in [1.54, 1.807) is 0 Å². The van der Waals surface area contributed by atoms with Gasteiger partial charge in [-0.15, -0.1) is 0 Å². The maximum atomic E-state index is 15.6. The molecule has 4 rings (SSSR count). The van der Waals surface area contributed by atoms with Crippen LogP contribution in [0, 0.1) is 0 Å². The maximum Gasteiger partial charge on any atom is 0.588 e. The molecule has 1 aliphatic rings. The molecule has 0 radical (unpaired) electrons. The molecule has 0 aliphatic carbocycles. The molecule has 15 heteroatoms. The Hall–Kier alpha value is -3.22. The zero-order chi connectivity index (χ0) is 28.7. The fourth-order valence-corrected chi connectivity index (χ4v) is 4.91. The Labute approximate surface area is 214 Å². The molecule has 0 spiro atoms. The van der Waals surface area contributed by atoms with Gasteiger partial charge in [-0.3, -0.25) is 9.26 Å². The summed E-state index contributed by atoms with van der Waals surface area (Å²) in [5.41, 5.74) is -0.953. The fourth-order valence-electron chi connectivity index (χ4n) is 3.51. The van der Waals surface area contributed by atoms with Gasteiger partial charge in [0.15, 0.2) is 6.10 Å². The summed E-state index contributed by atoms with van der Waals surface area (Å²) < 4.78 is 162. The lowest BCUT2D eigenvalue weighted by Gasteiger charge is -2.37. The summed E-state index contributed by atoms with van der Waals surface area (Å²) in [7, 11) is -5.48. The number of benzene rings is 3. The summed E-state index contributed by atoms with van der Waals surface area (Å²) in [5.74, 6) is -26.6. The number of hydrogen-bond donors (Lipinski definition) is 0. The predicted octanol–water partition coefficient (Wildman–Crippen LogP) is 8.21. The van der Waals surface area contributed by atoms with Gasteiger partial charge in [-0.05, 0) is 29.8 Å². The van der Waals surface area contributed by atoms with Crippen LogP contribution in [0.4, 0.5) is 39.5 Å². The second-order valence-corrected chi connectivity index (χ2v) is 9.61. The van der Waals surface area contributed by atoms with Crippen molar-refractivity contribution in [2.24, 2.45) is 0 Å². The molecular weight excluding hydrogens is 570 g/mol. The molecule has 0 N–H and O–H groups in total. The SMILES string of the molecule is O=P(Oc1ccccc1)(Oc1ccccc1)O[C@H](c1ccccc1)C(F)(F)[C@@]1(F)OC(F)(F)C(F)(F)C1(F)F. The van der Waals surface area contributed by atoms with E-state index in [2.05, 4.69) is 4.74 Å². The monoisotopic (exact) mass is 586 g/mol. The number of phosphoric acid groups is 1. The summed E-state index contributed by atoms with van der Waals surface area (Å²) >= 11 is 0. The Bertz CT molecular complexity index is 1280. The van der Waals surface area contributed by atoms with Crippen LogP contribution in [0.25, 0.3) is 0 Å². The van der Waals surface area contributed by atoms with Gasteiger partial charge >= 0.3 is 37.6 Å². The van der Waals surface area contributed by atoms with Crippen molar-refractivity contribution in [1.29, 1.82) is 0 Å². The van der Waals surface area contributed by atoms with Crippen molar-refractivity contribution in [3.05, 3.63) is 96.6 Å². The normalized spacial score (nSPS) is 22.7. The predicted molar refractivity (Wildman–Crippen MR) is 117 cm³/mol. The highest BCUT2D eigenvalue weighted by atomic mass is 31.2. The number of ether oxygens (including phenoxy) is 1. The van der Waals surface area contributed by atoms with E-state index < -0.39 is 49.2 Å². The molecule has 3 aromatic rings. The van der Waals surface area contributed by atoms with E-state index in [0.29, 0.717) is 0 Å². The van der Waals surface area contributed by atoms with Gasteiger partial charge in [0, 0.05) is 0 Å². The van der Waals surface area contributed by atoms with Crippen molar-refractivity contribution in [3.63, 3.8) is 0 Å². The van der Waals surface area contributed by atoms with Crippen molar-refractivity contribution in [2.45, 2.75) is 35.8 Å². The van der Waals surface area contributed by atoms with Crippen LogP contribution in [0.1, 0.15) is 11.7 Å². The number of rotatable bonds is 9.